The highest BCUT2D eigenvalue weighted by molar-refractivity contribution is 5.72. The predicted molar refractivity (Wildman–Crippen MR) is 85.8 cm³/mol. The number of anilines is 2. The number of aryl methyl sites for hydroxylation is 3. The third kappa shape index (κ3) is 2.32. The molecule has 2 heteroatoms. The van der Waals surface area contributed by atoms with Crippen LogP contribution in [0, 0.1) is 20.8 Å². The van der Waals surface area contributed by atoms with Crippen LogP contribution in [-0.4, -0.2) is 13.1 Å². The summed E-state index contributed by atoms with van der Waals surface area (Å²) in [5.74, 6) is 0. The van der Waals surface area contributed by atoms with Crippen molar-refractivity contribution in [2.24, 2.45) is 0 Å². The third-order valence-corrected chi connectivity index (χ3v) is 4.02. The van der Waals surface area contributed by atoms with Gasteiger partial charge in [-0.25, -0.2) is 0 Å². The van der Waals surface area contributed by atoms with Crippen molar-refractivity contribution in [1.29, 1.82) is 0 Å². The van der Waals surface area contributed by atoms with Crippen molar-refractivity contribution in [2.45, 2.75) is 27.3 Å². The van der Waals surface area contributed by atoms with E-state index in [1.807, 2.05) is 0 Å². The lowest BCUT2D eigenvalue weighted by Gasteiger charge is -2.28. The molecule has 0 saturated carbocycles. The van der Waals surface area contributed by atoms with E-state index in [1.165, 1.54) is 33.6 Å². The molecule has 1 heterocycles. The number of rotatable bonds is 1. The molecule has 0 bridgehead atoms. The van der Waals surface area contributed by atoms with E-state index in [9.17, 15) is 0 Å². The van der Waals surface area contributed by atoms with Crippen molar-refractivity contribution in [3.05, 3.63) is 58.7 Å². The molecule has 0 amide bonds. The molecule has 0 atom stereocenters. The van der Waals surface area contributed by atoms with Crippen LogP contribution in [0.4, 0.5) is 11.4 Å². The Morgan fingerprint density at radius 2 is 1.70 bits per heavy atom. The van der Waals surface area contributed by atoms with Crippen molar-refractivity contribution in [1.82, 2.24) is 5.32 Å². The Bertz CT molecular complexity index is 608. The van der Waals surface area contributed by atoms with Crippen LogP contribution in [0.5, 0.6) is 0 Å². The lowest BCUT2D eigenvalue weighted by molar-refractivity contribution is 0.712. The zero-order chi connectivity index (χ0) is 14.1. The molecule has 1 aliphatic heterocycles. The Balaban J connectivity index is 2.15. The minimum absolute atomic E-state index is 0.955. The molecule has 1 N–H and O–H groups in total. The first-order valence-electron chi connectivity index (χ1n) is 7.31. The van der Waals surface area contributed by atoms with E-state index in [4.69, 9.17) is 0 Å². The molecule has 2 nitrogen and oxygen atoms in total. The van der Waals surface area contributed by atoms with Crippen LogP contribution in [0.15, 0.2) is 36.4 Å². The summed E-state index contributed by atoms with van der Waals surface area (Å²) in [6.07, 6.45) is 0. The van der Waals surface area contributed by atoms with Gasteiger partial charge in [0, 0.05) is 31.0 Å². The molecule has 20 heavy (non-hydrogen) atoms. The standard InChI is InChI=1S/C18H22N2/c1-13-10-14(2)18(15(3)11-13)20-9-8-19-12-16-6-4-5-7-17(16)20/h4-7,10-11,19H,8-9,12H2,1-3H3. The van der Waals surface area contributed by atoms with Crippen LogP contribution < -0.4 is 10.2 Å². The van der Waals surface area contributed by atoms with E-state index in [0.717, 1.165) is 19.6 Å². The van der Waals surface area contributed by atoms with Crippen molar-refractivity contribution >= 4 is 11.4 Å². The normalized spacial score (nSPS) is 14.8. The fourth-order valence-corrected chi connectivity index (χ4v) is 3.29. The van der Waals surface area contributed by atoms with Gasteiger partial charge in [-0.05, 0) is 43.5 Å². The number of nitrogens with one attached hydrogen (secondary N) is 1. The highest BCUT2D eigenvalue weighted by atomic mass is 15.2. The molecule has 1 aliphatic rings. The van der Waals surface area contributed by atoms with Gasteiger partial charge in [-0.1, -0.05) is 35.9 Å². The first-order chi connectivity index (χ1) is 9.66. The first-order valence-corrected chi connectivity index (χ1v) is 7.31. The Morgan fingerprint density at radius 3 is 2.45 bits per heavy atom. The lowest BCUT2D eigenvalue weighted by Crippen LogP contribution is -2.25. The van der Waals surface area contributed by atoms with Crippen LogP contribution in [0.25, 0.3) is 0 Å². The molecule has 2 aromatic rings. The second kappa shape index (κ2) is 5.29. The van der Waals surface area contributed by atoms with Crippen LogP contribution in [0.1, 0.15) is 22.3 Å². The first kappa shape index (κ1) is 13.2. The lowest BCUT2D eigenvalue weighted by atomic mass is 10.0. The molecule has 2 aromatic carbocycles. The number of para-hydroxylation sites is 1. The molecule has 0 fully saturated rings. The Kier molecular flexibility index (Phi) is 3.49. The molecular formula is C18H22N2. The maximum atomic E-state index is 3.51. The third-order valence-electron chi connectivity index (χ3n) is 4.02. The van der Waals surface area contributed by atoms with Gasteiger partial charge < -0.3 is 10.2 Å². The highest BCUT2D eigenvalue weighted by Crippen LogP contribution is 2.34. The van der Waals surface area contributed by atoms with Gasteiger partial charge >= 0.3 is 0 Å². The van der Waals surface area contributed by atoms with Crippen LogP contribution in [0.2, 0.25) is 0 Å². The van der Waals surface area contributed by atoms with Gasteiger partial charge in [0.15, 0.2) is 0 Å². The fourth-order valence-electron chi connectivity index (χ4n) is 3.29. The van der Waals surface area contributed by atoms with E-state index in [-0.39, 0.29) is 0 Å². The summed E-state index contributed by atoms with van der Waals surface area (Å²) in [7, 11) is 0. The van der Waals surface area contributed by atoms with Crippen LogP contribution in [-0.2, 0) is 6.54 Å². The molecule has 0 aliphatic carbocycles. The molecule has 0 saturated heterocycles. The summed E-state index contributed by atoms with van der Waals surface area (Å²) in [6.45, 7) is 9.59. The van der Waals surface area contributed by atoms with E-state index >= 15 is 0 Å². The largest absolute Gasteiger partial charge is 0.340 e. The zero-order valence-corrected chi connectivity index (χ0v) is 12.5. The van der Waals surface area contributed by atoms with E-state index in [2.05, 4.69) is 67.4 Å². The van der Waals surface area contributed by atoms with Crippen LogP contribution >= 0.6 is 0 Å². The number of hydrogen-bond donors (Lipinski definition) is 1. The highest BCUT2D eigenvalue weighted by Gasteiger charge is 2.19. The Morgan fingerprint density at radius 1 is 1.00 bits per heavy atom. The monoisotopic (exact) mass is 266 g/mol. The fraction of sp³-hybridized carbons (Fsp3) is 0.333. The SMILES string of the molecule is Cc1cc(C)c(N2CCNCc3ccccc32)c(C)c1. The van der Waals surface area contributed by atoms with Crippen molar-refractivity contribution < 1.29 is 0 Å². The summed E-state index contributed by atoms with van der Waals surface area (Å²) in [5.41, 5.74) is 8.15. The molecule has 0 unspecified atom stereocenters. The minimum atomic E-state index is 0.955. The number of nitrogens with zero attached hydrogens (tertiary/aromatic N) is 1. The van der Waals surface area contributed by atoms with Gasteiger partial charge in [-0.2, -0.15) is 0 Å². The molecule has 0 aromatic heterocycles. The van der Waals surface area contributed by atoms with Gasteiger partial charge in [0.25, 0.3) is 0 Å². The van der Waals surface area contributed by atoms with Gasteiger partial charge in [-0.3, -0.25) is 0 Å². The average Bonchev–Trinajstić information content (AvgIpc) is 2.61. The summed E-state index contributed by atoms with van der Waals surface area (Å²) in [5, 5.41) is 3.51. The van der Waals surface area contributed by atoms with Gasteiger partial charge in [-0.15, -0.1) is 0 Å². The summed E-state index contributed by atoms with van der Waals surface area (Å²) in [4.78, 5) is 2.47. The zero-order valence-electron chi connectivity index (χ0n) is 12.5. The smallest absolute Gasteiger partial charge is 0.0470 e. The molecule has 104 valence electrons. The Labute approximate surface area is 121 Å². The van der Waals surface area contributed by atoms with E-state index in [0.29, 0.717) is 0 Å². The van der Waals surface area contributed by atoms with E-state index in [1.54, 1.807) is 0 Å². The van der Waals surface area contributed by atoms with Crippen molar-refractivity contribution in [3.8, 4) is 0 Å². The average molecular weight is 266 g/mol. The van der Waals surface area contributed by atoms with Gasteiger partial charge in [0.2, 0.25) is 0 Å². The van der Waals surface area contributed by atoms with Crippen molar-refractivity contribution in [3.63, 3.8) is 0 Å². The quantitative estimate of drug-likeness (QED) is 0.843. The molecule has 3 rings (SSSR count). The number of fused-ring (bicyclic) bond motifs is 1. The summed E-state index contributed by atoms with van der Waals surface area (Å²) < 4.78 is 0. The van der Waals surface area contributed by atoms with Crippen molar-refractivity contribution in [2.75, 3.05) is 18.0 Å². The molecule has 0 radical (unpaired) electrons. The Hall–Kier alpha value is -1.80. The second-order valence-corrected chi connectivity index (χ2v) is 5.70. The predicted octanol–water partition coefficient (Wildman–Crippen LogP) is 3.85. The topological polar surface area (TPSA) is 15.3 Å². The van der Waals surface area contributed by atoms with E-state index < -0.39 is 0 Å². The number of benzene rings is 2. The second-order valence-electron chi connectivity index (χ2n) is 5.70. The number of hydrogen-bond acceptors (Lipinski definition) is 2. The maximum absolute atomic E-state index is 3.51. The minimum Gasteiger partial charge on any atom is -0.340 e. The molecule has 0 spiro atoms. The molecular weight excluding hydrogens is 244 g/mol. The summed E-state index contributed by atoms with van der Waals surface area (Å²) >= 11 is 0. The summed E-state index contributed by atoms with van der Waals surface area (Å²) in [6, 6.07) is 13.3. The van der Waals surface area contributed by atoms with Gasteiger partial charge in [0.05, 0.1) is 0 Å². The van der Waals surface area contributed by atoms with Gasteiger partial charge in [0.1, 0.15) is 0 Å². The maximum Gasteiger partial charge on any atom is 0.0470 e. The van der Waals surface area contributed by atoms with Crippen LogP contribution in [0.3, 0.4) is 0 Å².